The number of aliphatic hydroxyl groups excluding tert-OH is 3. The number of hydrogen-bond acceptors (Lipinski definition) is 9. The third kappa shape index (κ3) is 5.15. The molecule has 2 aromatic rings. The molecule has 158 valence electrons. The average Bonchev–Trinajstić information content (AvgIpc) is 3.25. The van der Waals surface area contributed by atoms with Crippen molar-refractivity contribution < 1.29 is 20.1 Å². The third-order valence-corrected chi connectivity index (χ3v) is 4.88. The molecule has 0 aromatic carbocycles. The molecule has 0 amide bonds. The molecule has 3 rings (SSSR count). The maximum absolute atomic E-state index is 9.95. The fraction of sp³-hybridized carbons (Fsp3) is 0.722. The van der Waals surface area contributed by atoms with Crippen molar-refractivity contribution in [2.75, 3.05) is 12.3 Å². The van der Waals surface area contributed by atoms with Gasteiger partial charge < -0.3 is 31.5 Å². The molecule has 10 heteroatoms. The molecule has 0 saturated carbocycles. The number of aliphatic hydroxyl groups is 3. The highest BCUT2D eigenvalue weighted by molar-refractivity contribution is 5.81. The summed E-state index contributed by atoms with van der Waals surface area (Å²) in [5, 5.41) is 28.7. The second-order valence-corrected chi connectivity index (χ2v) is 6.98. The molecule has 28 heavy (non-hydrogen) atoms. The van der Waals surface area contributed by atoms with Gasteiger partial charge in [-0.15, -0.1) is 0 Å². The Morgan fingerprint density at radius 1 is 1.18 bits per heavy atom. The second-order valence-electron chi connectivity index (χ2n) is 6.98. The van der Waals surface area contributed by atoms with Crippen molar-refractivity contribution in [3.05, 3.63) is 12.7 Å². The first-order chi connectivity index (χ1) is 13.4. The van der Waals surface area contributed by atoms with Crippen LogP contribution in [0.5, 0.6) is 0 Å². The quantitative estimate of drug-likeness (QED) is 0.414. The highest BCUT2D eigenvalue weighted by Crippen LogP contribution is 2.31. The zero-order chi connectivity index (χ0) is 20.7. The summed E-state index contributed by atoms with van der Waals surface area (Å²) in [6, 6.07) is 0.455. The first-order valence-corrected chi connectivity index (χ1v) is 9.75. The maximum atomic E-state index is 9.95. The van der Waals surface area contributed by atoms with Crippen molar-refractivity contribution in [3.8, 4) is 0 Å². The Labute approximate surface area is 164 Å². The van der Waals surface area contributed by atoms with Crippen LogP contribution in [-0.4, -0.2) is 65.8 Å². The summed E-state index contributed by atoms with van der Waals surface area (Å²) < 4.78 is 6.85. The standard InChI is InChI=1S/C10H13N5O4.C8H19N/c11-8-5-9(13-2-12-8)15(3-14-5)10-7(18)6(17)4(1-16)19-10;1-3-5-6-7-8(9)4-2/h2-4,6-7,10,16-18H,1H2,(H2,11,12,13);8H,3-7,9H2,1-2H3/t4-,6-,7-,10-;/m1./s1. The maximum Gasteiger partial charge on any atom is 0.167 e. The van der Waals surface area contributed by atoms with Crippen LogP contribution in [-0.2, 0) is 4.74 Å². The zero-order valence-electron chi connectivity index (χ0n) is 16.5. The van der Waals surface area contributed by atoms with Crippen LogP contribution in [0.1, 0.15) is 52.2 Å². The third-order valence-electron chi connectivity index (χ3n) is 4.88. The van der Waals surface area contributed by atoms with Crippen molar-refractivity contribution in [1.82, 2.24) is 19.5 Å². The fourth-order valence-electron chi connectivity index (χ4n) is 3.03. The van der Waals surface area contributed by atoms with E-state index in [9.17, 15) is 10.2 Å². The van der Waals surface area contributed by atoms with Gasteiger partial charge >= 0.3 is 0 Å². The van der Waals surface area contributed by atoms with Crippen LogP contribution in [0, 0.1) is 0 Å². The van der Waals surface area contributed by atoms with Gasteiger partial charge in [0.1, 0.15) is 30.2 Å². The molecule has 1 aliphatic heterocycles. The molecule has 1 fully saturated rings. The number of unbranched alkanes of at least 4 members (excludes halogenated alkanes) is 2. The minimum absolute atomic E-state index is 0.218. The molecule has 1 saturated heterocycles. The predicted octanol–water partition coefficient (Wildman–Crippen LogP) is 0.324. The fourth-order valence-corrected chi connectivity index (χ4v) is 3.03. The topological polar surface area (TPSA) is 166 Å². The molecule has 1 unspecified atom stereocenters. The van der Waals surface area contributed by atoms with Crippen LogP contribution < -0.4 is 11.5 Å². The highest BCUT2D eigenvalue weighted by Gasteiger charge is 2.43. The Hall–Kier alpha value is -1.85. The summed E-state index contributed by atoms with van der Waals surface area (Å²) in [4.78, 5) is 11.9. The highest BCUT2D eigenvalue weighted by atomic mass is 16.6. The number of hydrogen-bond donors (Lipinski definition) is 5. The smallest absolute Gasteiger partial charge is 0.167 e. The number of aromatic nitrogens is 4. The van der Waals surface area contributed by atoms with Gasteiger partial charge in [0.15, 0.2) is 17.7 Å². The summed E-state index contributed by atoms with van der Waals surface area (Å²) >= 11 is 0. The van der Waals surface area contributed by atoms with Gasteiger partial charge in [-0.3, -0.25) is 4.57 Å². The average molecular weight is 396 g/mol. The number of ether oxygens (including phenoxy) is 1. The normalized spacial score (nSPS) is 25.5. The summed E-state index contributed by atoms with van der Waals surface area (Å²) in [5.41, 5.74) is 12.2. The number of nitrogen functional groups attached to an aromatic ring is 1. The van der Waals surface area contributed by atoms with Gasteiger partial charge in [-0.2, -0.15) is 0 Å². The van der Waals surface area contributed by atoms with Gasteiger partial charge in [0.25, 0.3) is 0 Å². The summed E-state index contributed by atoms with van der Waals surface area (Å²) in [6.45, 7) is 3.98. The van der Waals surface area contributed by atoms with Gasteiger partial charge in [-0.05, 0) is 12.8 Å². The summed E-state index contributed by atoms with van der Waals surface area (Å²) in [7, 11) is 0. The molecule has 0 bridgehead atoms. The molecule has 0 radical (unpaired) electrons. The molecule has 7 N–H and O–H groups in total. The summed E-state index contributed by atoms with van der Waals surface area (Å²) in [6.07, 6.45) is 4.87. The van der Waals surface area contributed by atoms with Gasteiger partial charge in [-0.25, -0.2) is 15.0 Å². The Bertz CT molecular complexity index is 727. The molecule has 3 heterocycles. The van der Waals surface area contributed by atoms with E-state index in [1.54, 1.807) is 0 Å². The number of rotatable bonds is 7. The monoisotopic (exact) mass is 396 g/mol. The lowest BCUT2D eigenvalue weighted by molar-refractivity contribution is -0.0511. The number of nitrogens with zero attached hydrogens (tertiary/aromatic N) is 4. The number of anilines is 1. The van der Waals surface area contributed by atoms with E-state index in [4.69, 9.17) is 21.3 Å². The van der Waals surface area contributed by atoms with E-state index in [0.717, 1.165) is 6.42 Å². The van der Waals surface area contributed by atoms with Crippen LogP contribution in [0.4, 0.5) is 5.82 Å². The second kappa shape index (κ2) is 10.6. The lowest BCUT2D eigenvalue weighted by Crippen LogP contribution is -2.33. The van der Waals surface area contributed by atoms with Gasteiger partial charge in [0.05, 0.1) is 12.9 Å². The first kappa shape index (κ1) is 22.4. The number of fused-ring (bicyclic) bond motifs is 1. The van der Waals surface area contributed by atoms with Gasteiger partial charge in [-0.1, -0.05) is 33.1 Å². The Balaban J connectivity index is 0.000000266. The van der Waals surface area contributed by atoms with Crippen molar-refractivity contribution >= 4 is 17.0 Å². The van der Waals surface area contributed by atoms with Crippen LogP contribution in [0.2, 0.25) is 0 Å². The van der Waals surface area contributed by atoms with Crippen molar-refractivity contribution in [1.29, 1.82) is 0 Å². The number of imidazole rings is 1. The minimum atomic E-state index is -1.19. The molecular formula is C18H32N6O4. The lowest BCUT2D eigenvalue weighted by atomic mass is 10.1. The van der Waals surface area contributed by atoms with Crippen LogP contribution in [0.3, 0.4) is 0 Å². The molecule has 5 atom stereocenters. The predicted molar refractivity (Wildman–Crippen MR) is 105 cm³/mol. The Kier molecular flexibility index (Phi) is 8.52. The molecule has 0 aliphatic carbocycles. The van der Waals surface area contributed by atoms with Crippen LogP contribution >= 0.6 is 0 Å². The van der Waals surface area contributed by atoms with E-state index in [0.29, 0.717) is 17.2 Å². The Morgan fingerprint density at radius 2 is 1.93 bits per heavy atom. The Morgan fingerprint density at radius 3 is 2.54 bits per heavy atom. The first-order valence-electron chi connectivity index (χ1n) is 9.75. The largest absolute Gasteiger partial charge is 0.394 e. The van der Waals surface area contributed by atoms with Gasteiger partial charge in [0.2, 0.25) is 0 Å². The van der Waals surface area contributed by atoms with E-state index in [1.165, 1.54) is 42.9 Å². The molecule has 0 spiro atoms. The van der Waals surface area contributed by atoms with Crippen LogP contribution in [0.15, 0.2) is 12.7 Å². The van der Waals surface area contributed by atoms with E-state index in [-0.39, 0.29) is 5.82 Å². The molecule has 1 aliphatic rings. The zero-order valence-corrected chi connectivity index (χ0v) is 16.5. The van der Waals surface area contributed by atoms with E-state index in [2.05, 4.69) is 28.8 Å². The molecule has 2 aromatic heterocycles. The van der Waals surface area contributed by atoms with E-state index >= 15 is 0 Å². The summed E-state index contributed by atoms with van der Waals surface area (Å²) in [5.74, 6) is 0.218. The van der Waals surface area contributed by atoms with E-state index in [1.807, 2.05) is 0 Å². The van der Waals surface area contributed by atoms with Crippen LogP contribution in [0.25, 0.3) is 11.2 Å². The minimum Gasteiger partial charge on any atom is -0.394 e. The van der Waals surface area contributed by atoms with E-state index < -0.39 is 31.1 Å². The number of nitrogens with two attached hydrogens (primary N) is 2. The van der Waals surface area contributed by atoms with Gasteiger partial charge in [0, 0.05) is 6.04 Å². The molecular weight excluding hydrogens is 364 g/mol. The lowest BCUT2D eigenvalue weighted by Gasteiger charge is -2.16. The molecule has 10 nitrogen and oxygen atoms in total. The van der Waals surface area contributed by atoms with Crippen molar-refractivity contribution in [3.63, 3.8) is 0 Å². The SMILES string of the molecule is CCCCCC(N)CC.Nc1ncnc2c1ncn2[C@@H]1O[C@H](CO)[C@@H](O)[C@H]1O. The van der Waals surface area contributed by atoms with Crippen molar-refractivity contribution in [2.45, 2.75) is 76.5 Å². The van der Waals surface area contributed by atoms with Crippen molar-refractivity contribution in [2.24, 2.45) is 5.73 Å².